The molecule has 0 aliphatic carbocycles. The van der Waals surface area contributed by atoms with Gasteiger partial charge in [-0.1, -0.05) is 47.5 Å². The van der Waals surface area contributed by atoms with Crippen molar-refractivity contribution < 1.29 is 9.18 Å². The number of thiazole rings is 1. The lowest BCUT2D eigenvalue weighted by molar-refractivity contribution is 0.102. The van der Waals surface area contributed by atoms with Gasteiger partial charge in [0, 0.05) is 10.6 Å². The van der Waals surface area contributed by atoms with Gasteiger partial charge in [0.15, 0.2) is 0 Å². The maximum atomic E-state index is 13.9. The van der Waals surface area contributed by atoms with Crippen molar-refractivity contribution in [3.8, 4) is 10.6 Å². The molecule has 1 aromatic heterocycles. The molecular formula is C20H11Cl2FN2OS. The van der Waals surface area contributed by atoms with Crippen molar-refractivity contribution in [2.75, 3.05) is 5.32 Å². The van der Waals surface area contributed by atoms with Crippen LogP contribution in [-0.4, -0.2) is 10.9 Å². The number of nitrogens with one attached hydrogen (secondary N) is 1. The number of halogens is 3. The molecule has 27 heavy (non-hydrogen) atoms. The molecule has 1 heterocycles. The van der Waals surface area contributed by atoms with Crippen LogP contribution in [0.3, 0.4) is 0 Å². The second-order valence-corrected chi connectivity index (χ2v) is 7.61. The largest absolute Gasteiger partial charge is 0.320 e. The standard InChI is InChI=1S/C20H11Cl2FN2OS/c21-11-9-13(20-24-16-7-3-4-8-17(16)27-20)18(14(22)10-11)25-19(26)12-5-1-2-6-15(12)23/h1-10H,(H,25,26). The fraction of sp³-hybridized carbons (Fsp3) is 0. The summed E-state index contributed by atoms with van der Waals surface area (Å²) < 4.78 is 14.9. The van der Waals surface area contributed by atoms with Gasteiger partial charge < -0.3 is 5.32 Å². The summed E-state index contributed by atoms with van der Waals surface area (Å²) in [5.41, 5.74) is 1.69. The van der Waals surface area contributed by atoms with Crippen molar-refractivity contribution in [2.24, 2.45) is 0 Å². The fourth-order valence-corrected chi connectivity index (χ4v) is 4.21. The molecule has 0 radical (unpaired) electrons. The van der Waals surface area contributed by atoms with Gasteiger partial charge in [0.05, 0.1) is 26.5 Å². The molecule has 4 rings (SSSR count). The van der Waals surface area contributed by atoms with Crippen molar-refractivity contribution in [3.63, 3.8) is 0 Å². The third-order valence-electron chi connectivity index (χ3n) is 3.94. The summed E-state index contributed by atoms with van der Waals surface area (Å²) in [5, 5.41) is 4.03. The molecule has 3 nitrogen and oxygen atoms in total. The maximum Gasteiger partial charge on any atom is 0.258 e. The van der Waals surface area contributed by atoms with E-state index in [1.807, 2.05) is 24.3 Å². The van der Waals surface area contributed by atoms with Crippen LogP contribution in [0, 0.1) is 5.82 Å². The van der Waals surface area contributed by atoms with Crippen molar-refractivity contribution in [3.05, 3.63) is 82.1 Å². The molecule has 0 atom stereocenters. The lowest BCUT2D eigenvalue weighted by Crippen LogP contribution is -2.14. The van der Waals surface area contributed by atoms with Crippen LogP contribution in [0.15, 0.2) is 60.7 Å². The molecular weight excluding hydrogens is 406 g/mol. The number of hydrogen-bond acceptors (Lipinski definition) is 3. The van der Waals surface area contributed by atoms with Crippen LogP contribution in [0.1, 0.15) is 10.4 Å². The minimum absolute atomic E-state index is 0.0706. The SMILES string of the molecule is O=C(Nc1c(Cl)cc(Cl)cc1-c1nc2ccccc2s1)c1ccccc1F. The first-order valence-corrected chi connectivity index (χ1v) is 9.51. The number of hydrogen-bond donors (Lipinski definition) is 1. The maximum absolute atomic E-state index is 13.9. The van der Waals surface area contributed by atoms with Crippen LogP contribution in [0.2, 0.25) is 10.0 Å². The van der Waals surface area contributed by atoms with Crippen LogP contribution in [-0.2, 0) is 0 Å². The smallest absolute Gasteiger partial charge is 0.258 e. The fourth-order valence-electron chi connectivity index (χ4n) is 2.68. The number of carbonyl (C=O) groups excluding carboxylic acids is 1. The minimum Gasteiger partial charge on any atom is -0.320 e. The Bertz CT molecular complexity index is 1140. The van der Waals surface area contributed by atoms with Gasteiger partial charge in [-0.3, -0.25) is 4.79 Å². The number of anilines is 1. The number of carbonyl (C=O) groups is 1. The Kier molecular flexibility index (Phi) is 4.83. The lowest BCUT2D eigenvalue weighted by atomic mass is 10.1. The number of amides is 1. The third kappa shape index (κ3) is 3.54. The molecule has 1 amide bonds. The van der Waals surface area contributed by atoms with E-state index in [1.165, 1.54) is 35.6 Å². The zero-order valence-electron chi connectivity index (χ0n) is 13.7. The van der Waals surface area contributed by atoms with E-state index in [0.717, 1.165) is 10.2 Å². The Hall–Kier alpha value is -2.47. The normalized spacial score (nSPS) is 10.9. The first-order chi connectivity index (χ1) is 13.0. The summed E-state index contributed by atoms with van der Waals surface area (Å²) in [5.74, 6) is -1.21. The molecule has 0 fully saturated rings. The first kappa shape index (κ1) is 17.9. The highest BCUT2D eigenvalue weighted by Gasteiger charge is 2.19. The highest BCUT2D eigenvalue weighted by atomic mass is 35.5. The molecule has 0 saturated carbocycles. The van der Waals surface area contributed by atoms with E-state index in [2.05, 4.69) is 10.3 Å². The van der Waals surface area contributed by atoms with Gasteiger partial charge in [0.2, 0.25) is 0 Å². The highest BCUT2D eigenvalue weighted by Crippen LogP contribution is 2.40. The minimum atomic E-state index is -0.610. The van der Waals surface area contributed by atoms with E-state index in [0.29, 0.717) is 21.3 Å². The van der Waals surface area contributed by atoms with Gasteiger partial charge in [-0.2, -0.15) is 0 Å². The van der Waals surface area contributed by atoms with Crippen molar-refractivity contribution in [1.82, 2.24) is 4.98 Å². The van der Waals surface area contributed by atoms with Crippen LogP contribution < -0.4 is 5.32 Å². The Morgan fingerprint density at radius 2 is 1.78 bits per heavy atom. The summed E-state index contributed by atoms with van der Waals surface area (Å²) in [4.78, 5) is 17.2. The van der Waals surface area contributed by atoms with Crippen LogP contribution >= 0.6 is 34.5 Å². The average Bonchev–Trinajstić information content (AvgIpc) is 3.08. The number of para-hydroxylation sites is 1. The van der Waals surface area contributed by atoms with Gasteiger partial charge in [-0.05, 0) is 36.4 Å². The van der Waals surface area contributed by atoms with E-state index in [1.54, 1.807) is 12.1 Å². The second-order valence-electron chi connectivity index (χ2n) is 5.73. The van der Waals surface area contributed by atoms with Crippen molar-refractivity contribution >= 4 is 56.3 Å². The molecule has 134 valence electrons. The molecule has 0 spiro atoms. The molecule has 0 saturated heterocycles. The van der Waals surface area contributed by atoms with Gasteiger partial charge in [-0.25, -0.2) is 9.37 Å². The van der Waals surface area contributed by atoms with E-state index < -0.39 is 11.7 Å². The number of fused-ring (bicyclic) bond motifs is 1. The van der Waals surface area contributed by atoms with Crippen LogP contribution in [0.25, 0.3) is 20.8 Å². The van der Waals surface area contributed by atoms with E-state index in [-0.39, 0.29) is 10.6 Å². The average molecular weight is 417 g/mol. The molecule has 1 N–H and O–H groups in total. The third-order valence-corrected chi connectivity index (χ3v) is 5.52. The zero-order chi connectivity index (χ0) is 19.0. The predicted molar refractivity (Wildman–Crippen MR) is 109 cm³/mol. The summed E-state index contributed by atoms with van der Waals surface area (Å²) in [7, 11) is 0. The molecule has 3 aromatic carbocycles. The number of nitrogens with zero attached hydrogens (tertiary/aromatic N) is 1. The second kappa shape index (κ2) is 7.27. The zero-order valence-corrected chi connectivity index (χ0v) is 16.0. The number of rotatable bonds is 3. The monoisotopic (exact) mass is 416 g/mol. The molecule has 0 aliphatic heterocycles. The highest BCUT2D eigenvalue weighted by molar-refractivity contribution is 7.21. The van der Waals surface area contributed by atoms with Crippen LogP contribution in [0.5, 0.6) is 0 Å². The summed E-state index contributed by atoms with van der Waals surface area (Å²) in [6, 6.07) is 16.6. The van der Waals surface area contributed by atoms with Gasteiger partial charge in [0.1, 0.15) is 10.8 Å². The Morgan fingerprint density at radius 3 is 2.56 bits per heavy atom. The number of benzene rings is 3. The van der Waals surface area contributed by atoms with Gasteiger partial charge in [-0.15, -0.1) is 11.3 Å². The summed E-state index contributed by atoms with van der Waals surface area (Å²) >= 11 is 14.0. The van der Waals surface area contributed by atoms with Crippen LogP contribution in [0.4, 0.5) is 10.1 Å². The van der Waals surface area contributed by atoms with Crippen molar-refractivity contribution in [2.45, 2.75) is 0 Å². The predicted octanol–water partition coefficient (Wildman–Crippen LogP) is 6.66. The summed E-state index contributed by atoms with van der Waals surface area (Å²) in [6.07, 6.45) is 0. The Balaban J connectivity index is 1.81. The van der Waals surface area contributed by atoms with E-state index >= 15 is 0 Å². The Labute approximate surface area is 168 Å². The van der Waals surface area contributed by atoms with Crippen molar-refractivity contribution in [1.29, 1.82) is 0 Å². The topological polar surface area (TPSA) is 42.0 Å². The molecule has 0 aliphatic rings. The van der Waals surface area contributed by atoms with E-state index in [4.69, 9.17) is 23.2 Å². The van der Waals surface area contributed by atoms with E-state index in [9.17, 15) is 9.18 Å². The van der Waals surface area contributed by atoms with Gasteiger partial charge >= 0.3 is 0 Å². The lowest BCUT2D eigenvalue weighted by Gasteiger charge is -2.12. The first-order valence-electron chi connectivity index (χ1n) is 7.94. The Morgan fingerprint density at radius 1 is 1.04 bits per heavy atom. The van der Waals surface area contributed by atoms with Gasteiger partial charge in [0.25, 0.3) is 5.91 Å². The molecule has 7 heteroatoms. The molecule has 0 unspecified atom stereocenters. The summed E-state index contributed by atoms with van der Waals surface area (Å²) in [6.45, 7) is 0. The quantitative estimate of drug-likeness (QED) is 0.405. The number of aromatic nitrogens is 1. The molecule has 0 bridgehead atoms. The molecule has 4 aromatic rings.